The minimum atomic E-state index is -0.965. The Morgan fingerprint density at radius 3 is 2.52 bits per heavy atom. The monoisotopic (exact) mass is 385 g/mol. The molecule has 0 spiro atoms. The summed E-state index contributed by atoms with van der Waals surface area (Å²) in [5.41, 5.74) is 0.311. The first-order valence-corrected chi connectivity index (χ1v) is 7.94. The Labute approximate surface area is 153 Å². The van der Waals surface area contributed by atoms with Crippen molar-refractivity contribution >= 4 is 40.8 Å². The maximum atomic E-state index is 12.8. The van der Waals surface area contributed by atoms with Crippen LogP contribution in [-0.4, -0.2) is 24.6 Å². The molecule has 1 atom stereocenters. The van der Waals surface area contributed by atoms with Crippen LogP contribution in [0.2, 0.25) is 10.0 Å². The van der Waals surface area contributed by atoms with E-state index in [-0.39, 0.29) is 0 Å². The maximum absolute atomic E-state index is 12.8. The van der Waals surface area contributed by atoms with Gasteiger partial charge >= 0.3 is 5.97 Å². The number of amides is 1. The van der Waals surface area contributed by atoms with Crippen molar-refractivity contribution in [1.29, 1.82) is 0 Å². The van der Waals surface area contributed by atoms with Gasteiger partial charge in [-0.15, -0.1) is 0 Å². The molecule has 0 saturated heterocycles. The summed E-state index contributed by atoms with van der Waals surface area (Å²) in [6.45, 7) is 0.941. The van der Waals surface area contributed by atoms with Crippen molar-refractivity contribution in [1.82, 2.24) is 0 Å². The fourth-order valence-electron chi connectivity index (χ4n) is 1.80. The van der Waals surface area contributed by atoms with Crippen LogP contribution in [0.25, 0.3) is 0 Å². The molecule has 2 aromatic rings. The molecule has 0 saturated carbocycles. The van der Waals surface area contributed by atoms with E-state index < -0.39 is 30.4 Å². The normalized spacial score (nSPS) is 11.5. The molecule has 8 heteroatoms. The zero-order valence-electron chi connectivity index (χ0n) is 13.1. The van der Waals surface area contributed by atoms with Crippen molar-refractivity contribution in [3.63, 3.8) is 0 Å². The lowest BCUT2D eigenvalue weighted by Crippen LogP contribution is -2.29. The van der Waals surface area contributed by atoms with E-state index in [1.54, 1.807) is 6.07 Å². The molecule has 0 aromatic heterocycles. The summed E-state index contributed by atoms with van der Waals surface area (Å²) >= 11 is 11.7. The Hall–Kier alpha value is -2.31. The number of hydrogen-bond acceptors (Lipinski definition) is 4. The van der Waals surface area contributed by atoms with Crippen LogP contribution < -0.4 is 10.1 Å². The molecule has 0 aliphatic rings. The molecule has 2 aromatic carbocycles. The number of hydrogen-bond donors (Lipinski definition) is 1. The predicted octanol–water partition coefficient (Wildman–Crippen LogP) is 4.08. The van der Waals surface area contributed by atoms with Crippen molar-refractivity contribution in [2.24, 2.45) is 0 Å². The third-order valence-electron chi connectivity index (χ3n) is 3.01. The van der Waals surface area contributed by atoms with Gasteiger partial charge in [0.2, 0.25) is 0 Å². The average Bonchev–Trinajstić information content (AvgIpc) is 2.58. The molecule has 5 nitrogen and oxygen atoms in total. The van der Waals surface area contributed by atoms with Gasteiger partial charge in [-0.25, -0.2) is 9.18 Å². The highest BCUT2D eigenvalue weighted by Crippen LogP contribution is 2.25. The quantitative estimate of drug-likeness (QED) is 0.760. The minimum Gasteiger partial charge on any atom is -0.479 e. The zero-order valence-corrected chi connectivity index (χ0v) is 14.6. The topological polar surface area (TPSA) is 64.6 Å². The van der Waals surface area contributed by atoms with E-state index in [1.807, 2.05) is 0 Å². The van der Waals surface area contributed by atoms with Gasteiger partial charge in [0.25, 0.3) is 5.91 Å². The Balaban J connectivity index is 1.83. The predicted molar refractivity (Wildman–Crippen MR) is 92.5 cm³/mol. The third-order valence-corrected chi connectivity index (χ3v) is 3.57. The van der Waals surface area contributed by atoms with Gasteiger partial charge in [0.15, 0.2) is 12.7 Å². The molecule has 2 rings (SSSR count). The molecule has 0 unspecified atom stereocenters. The molecule has 0 fully saturated rings. The number of carbonyl (C=O) groups excluding carboxylic acids is 2. The fraction of sp³-hybridized carbons (Fsp3) is 0.176. The molecule has 0 aliphatic carbocycles. The van der Waals surface area contributed by atoms with Gasteiger partial charge < -0.3 is 14.8 Å². The summed E-state index contributed by atoms with van der Waals surface area (Å²) in [6, 6.07) is 9.76. The SMILES string of the molecule is C[C@H](Oc1ccc(F)cc1)C(=O)OCC(=O)Nc1cc(Cl)ccc1Cl. The number of halogens is 3. The summed E-state index contributed by atoms with van der Waals surface area (Å²) in [6.07, 6.45) is -0.965. The smallest absolute Gasteiger partial charge is 0.347 e. The van der Waals surface area contributed by atoms with E-state index in [0.717, 1.165) is 0 Å². The molecular weight excluding hydrogens is 372 g/mol. The highest BCUT2D eigenvalue weighted by atomic mass is 35.5. The van der Waals surface area contributed by atoms with E-state index in [0.29, 0.717) is 21.5 Å². The van der Waals surface area contributed by atoms with E-state index in [9.17, 15) is 14.0 Å². The van der Waals surface area contributed by atoms with Crippen LogP contribution in [-0.2, 0) is 14.3 Å². The molecule has 1 N–H and O–H groups in total. The Kier molecular flexibility index (Phi) is 6.61. The number of ether oxygens (including phenoxy) is 2. The average molecular weight is 386 g/mol. The second-order valence-electron chi connectivity index (χ2n) is 4.99. The van der Waals surface area contributed by atoms with Gasteiger partial charge in [-0.1, -0.05) is 23.2 Å². The second kappa shape index (κ2) is 8.69. The van der Waals surface area contributed by atoms with Crippen molar-refractivity contribution in [2.75, 3.05) is 11.9 Å². The highest BCUT2D eigenvalue weighted by molar-refractivity contribution is 6.35. The van der Waals surface area contributed by atoms with Gasteiger partial charge in [0.05, 0.1) is 10.7 Å². The van der Waals surface area contributed by atoms with Crippen molar-refractivity contribution in [3.8, 4) is 5.75 Å². The van der Waals surface area contributed by atoms with Crippen molar-refractivity contribution in [3.05, 3.63) is 58.3 Å². The second-order valence-corrected chi connectivity index (χ2v) is 5.84. The Morgan fingerprint density at radius 1 is 1.16 bits per heavy atom. The van der Waals surface area contributed by atoms with Gasteiger partial charge in [0.1, 0.15) is 11.6 Å². The maximum Gasteiger partial charge on any atom is 0.347 e. The lowest BCUT2D eigenvalue weighted by Gasteiger charge is -2.14. The number of esters is 1. The van der Waals surface area contributed by atoms with Crippen LogP contribution in [0.4, 0.5) is 10.1 Å². The third kappa shape index (κ3) is 5.92. The lowest BCUT2D eigenvalue weighted by molar-refractivity contribution is -0.153. The number of anilines is 1. The summed E-state index contributed by atoms with van der Waals surface area (Å²) in [4.78, 5) is 23.7. The van der Waals surface area contributed by atoms with Crippen molar-refractivity contribution in [2.45, 2.75) is 13.0 Å². The molecule has 132 valence electrons. The number of benzene rings is 2. The molecule has 0 bridgehead atoms. The highest BCUT2D eigenvalue weighted by Gasteiger charge is 2.18. The van der Waals surface area contributed by atoms with Gasteiger partial charge in [-0.3, -0.25) is 4.79 Å². The first-order valence-electron chi connectivity index (χ1n) is 7.19. The summed E-state index contributed by atoms with van der Waals surface area (Å²) < 4.78 is 23.0. The van der Waals surface area contributed by atoms with Gasteiger partial charge in [-0.05, 0) is 49.4 Å². The van der Waals surface area contributed by atoms with E-state index in [1.165, 1.54) is 43.3 Å². The van der Waals surface area contributed by atoms with Crippen LogP contribution in [0.1, 0.15) is 6.92 Å². The largest absolute Gasteiger partial charge is 0.479 e. The summed E-state index contributed by atoms with van der Waals surface area (Å²) in [5.74, 6) is -1.43. The first kappa shape index (κ1) is 19.0. The van der Waals surface area contributed by atoms with Crippen LogP contribution in [0.3, 0.4) is 0 Å². The molecular formula is C17H14Cl2FNO4. The molecule has 0 aliphatic heterocycles. The summed E-state index contributed by atoms with van der Waals surface area (Å²) in [7, 11) is 0. The Morgan fingerprint density at radius 2 is 1.84 bits per heavy atom. The molecule has 0 heterocycles. The molecule has 0 radical (unpaired) electrons. The number of carbonyl (C=O) groups is 2. The van der Waals surface area contributed by atoms with E-state index in [4.69, 9.17) is 32.7 Å². The first-order chi connectivity index (χ1) is 11.8. The lowest BCUT2D eigenvalue weighted by atomic mass is 10.3. The number of rotatable bonds is 6. The minimum absolute atomic E-state index is 0.303. The fourth-order valence-corrected chi connectivity index (χ4v) is 2.14. The standard InChI is InChI=1S/C17H14Cl2FNO4/c1-10(25-13-5-3-12(20)4-6-13)17(23)24-9-16(22)21-15-8-11(18)2-7-14(15)19/h2-8,10H,9H2,1H3,(H,21,22)/t10-/m0/s1. The van der Waals surface area contributed by atoms with Crippen molar-refractivity contribution < 1.29 is 23.5 Å². The van der Waals surface area contributed by atoms with E-state index in [2.05, 4.69) is 5.32 Å². The van der Waals surface area contributed by atoms with Gasteiger partial charge in [0, 0.05) is 5.02 Å². The van der Waals surface area contributed by atoms with Gasteiger partial charge in [-0.2, -0.15) is 0 Å². The molecule has 1 amide bonds. The van der Waals surface area contributed by atoms with Crippen LogP contribution >= 0.6 is 23.2 Å². The zero-order chi connectivity index (χ0) is 18.4. The summed E-state index contributed by atoms with van der Waals surface area (Å²) in [5, 5.41) is 3.19. The Bertz CT molecular complexity index is 768. The van der Waals surface area contributed by atoms with Crippen LogP contribution in [0.15, 0.2) is 42.5 Å². The molecule has 25 heavy (non-hydrogen) atoms. The van der Waals surface area contributed by atoms with Crippen LogP contribution in [0, 0.1) is 5.82 Å². The van der Waals surface area contributed by atoms with Crippen LogP contribution in [0.5, 0.6) is 5.75 Å². The number of nitrogens with one attached hydrogen (secondary N) is 1. The van der Waals surface area contributed by atoms with E-state index >= 15 is 0 Å².